The van der Waals surface area contributed by atoms with Crippen molar-refractivity contribution in [2.45, 2.75) is 50.3 Å². The van der Waals surface area contributed by atoms with E-state index in [9.17, 15) is 26.7 Å². The highest BCUT2D eigenvalue weighted by molar-refractivity contribution is 6.13. The van der Waals surface area contributed by atoms with Crippen molar-refractivity contribution in [1.29, 1.82) is 0 Å². The number of carbonyl (C=O) groups excluding carboxylic acids is 1. The minimum atomic E-state index is -4.63. The monoisotopic (exact) mass is 417 g/mol. The highest BCUT2D eigenvalue weighted by Crippen LogP contribution is 2.35. The molecular formula is C17H21BF5N5O. The molecule has 2 radical (unpaired) electrons. The number of hydrazine groups is 1. The Bertz CT molecular complexity index is 733. The summed E-state index contributed by atoms with van der Waals surface area (Å²) >= 11 is 0. The zero-order chi connectivity index (χ0) is 21.4. The number of fused-ring (bicyclic) bond motifs is 1. The number of amidine groups is 2. The number of nitrogens with zero attached hydrogens (tertiary/aromatic N) is 4. The first-order valence-corrected chi connectivity index (χ1v) is 9.35. The molecule has 3 unspecified atom stereocenters. The van der Waals surface area contributed by atoms with E-state index in [-0.39, 0.29) is 25.3 Å². The van der Waals surface area contributed by atoms with Crippen LogP contribution in [0, 0.1) is 5.92 Å². The molecule has 12 heteroatoms. The molecule has 1 amide bonds. The molecule has 0 aromatic heterocycles. The molecule has 0 bridgehead atoms. The molecule has 1 saturated heterocycles. The van der Waals surface area contributed by atoms with Gasteiger partial charge >= 0.3 is 6.18 Å². The van der Waals surface area contributed by atoms with Crippen molar-refractivity contribution < 1.29 is 26.7 Å². The van der Waals surface area contributed by atoms with Crippen molar-refractivity contribution in [3.8, 4) is 0 Å². The highest BCUT2D eigenvalue weighted by Gasteiger charge is 2.53. The minimum absolute atomic E-state index is 0.0670. The Labute approximate surface area is 166 Å². The molecule has 0 spiro atoms. The smallest absolute Gasteiger partial charge is 0.340 e. The Morgan fingerprint density at radius 2 is 2.03 bits per heavy atom. The van der Waals surface area contributed by atoms with Gasteiger partial charge in [-0.1, -0.05) is 6.92 Å². The number of halogens is 5. The third-order valence-corrected chi connectivity index (χ3v) is 4.94. The van der Waals surface area contributed by atoms with Crippen LogP contribution in [-0.4, -0.2) is 79.0 Å². The number of rotatable bonds is 6. The maximum absolute atomic E-state index is 13.6. The summed E-state index contributed by atoms with van der Waals surface area (Å²) in [5.74, 6) is -4.12. The van der Waals surface area contributed by atoms with E-state index < -0.39 is 42.3 Å². The summed E-state index contributed by atoms with van der Waals surface area (Å²) < 4.78 is 66.9. The van der Waals surface area contributed by atoms with E-state index in [1.165, 1.54) is 16.0 Å². The molecule has 6 nitrogen and oxygen atoms in total. The van der Waals surface area contributed by atoms with Gasteiger partial charge in [0.05, 0.1) is 0 Å². The van der Waals surface area contributed by atoms with Crippen molar-refractivity contribution in [3.63, 3.8) is 0 Å². The number of carbonyl (C=O) groups is 1. The van der Waals surface area contributed by atoms with Crippen molar-refractivity contribution in [3.05, 3.63) is 12.2 Å². The summed E-state index contributed by atoms with van der Waals surface area (Å²) in [4.78, 5) is 21.4. The SMILES string of the molecule is [B]C(F)(F)CC1CC(=O)N(CC2C(C(F)(F)F)N=C3C=CC(=NCCC)NN32)C1. The number of hydrogen-bond acceptors (Lipinski definition) is 4. The molecule has 3 aliphatic rings. The fourth-order valence-electron chi connectivity index (χ4n) is 3.75. The van der Waals surface area contributed by atoms with E-state index in [1.54, 1.807) is 6.08 Å². The van der Waals surface area contributed by atoms with Crippen LogP contribution in [0.4, 0.5) is 22.0 Å². The van der Waals surface area contributed by atoms with Gasteiger partial charge in [-0.15, -0.1) is 0 Å². The molecule has 3 heterocycles. The van der Waals surface area contributed by atoms with E-state index in [4.69, 9.17) is 7.85 Å². The second-order valence-corrected chi connectivity index (χ2v) is 7.46. The lowest BCUT2D eigenvalue weighted by Gasteiger charge is -2.35. The van der Waals surface area contributed by atoms with Gasteiger partial charge in [0.15, 0.2) is 13.9 Å². The van der Waals surface area contributed by atoms with Gasteiger partial charge in [0, 0.05) is 32.5 Å². The lowest BCUT2D eigenvalue weighted by atomic mass is 9.88. The number of likely N-dealkylation sites (tertiary alicyclic amines) is 1. The molecule has 3 rings (SSSR count). The second-order valence-electron chi connectivity index (χ2n) is 7.46. The van der Waals surface area contributed by atoms with Crippen molar-refractivity contribution in [1.82, 2.24) is 15.3 Å². The molecule has 0 saturated carbocycles. The normalized spacial score (nSPS) is 28.8. The van der Waals surface area contributed by atoms with Crippen LogP contribution in [-0.2, 0) is 4.79 Å². The van der Waals surface area contributed by atoms with Crippen molar-refractivity contribution in [2.24, 2.45) is 15.9 Å². The van der Waals surface area contributed by atoms with Crippen LogP contribution in [0.3, 0.4) is 0 Å². The second kappa shape index (κ2) is 7.94. The standard InChI is InChI=1S/C17H21BF5N5O/c1-2-5-24-12-3-4-13-25-15(17(21,22)23)11(28(13)26-12)9-27-8-10(6-14(27)29)7-16(18,19)20/h3-4,10-11,15H,2,5-9H2,1H3,(H,24,26). The number of nitrogens with one attached hydrogen (secondary N) is 1. The van der Waals surface area contributed by atoms with E-state index in [2.05, 4.69) is 15.4 Å². The van der Waals surface area contributed by atoms with Gasteiger partial charge in [-0.2, -0.15) is 13.2 Å². The molecule has 1 N–H and O–H groups in total. The summed E-state index contributed by atoms with van der Waals surface area (Å²) in [6, 6.07) is -3.29. The zero-order valence-electron chi connectivity index (χ0n) is 15.8. The van der Waals surface area contributed by atoms with E-state index >= 15 is 0 Å². The van der Waals surface area contributed by atoms with Gasteiger partial charge in [0.2, 0.25) is 11.7 Å². The van der Waals surface area contributed by atoms with Gasteiger partial charge in [-0.05, 0) is 24.5 Å². The number of hydrogen-bond donors (Lipinski definition) is 1. The van der Waals surface area contributed by atoms with Crippen LogP contribution in [0.5, 0.6) is 0 Å². The Morgan fingerprint density at radius 3 is 2.66 bits per heavy atom. The van der Waals surface area contributed by atoms with Crippen LogP contribution < -0.4 is 5.43 Å². The van der Waals surface area contributed by atoms with Crippen molar-refractivity contribution >= 4 is 25.4 Å². The van der Waals surface area contributed by atoms with Crippen LogP contribution in [0.15, 0.2) is 22.1 Å². The number of amides is 1. The average molecular weight is 417 g/mol. The summed E-state index contributed by atoms with van der Waals surface area (Å²) in [6.45, 7) is 2.05. The first kappa shape index (κ1) is 21.6. The van der Waals surface area contributed by atoms with Crippen LogP contribution in [0.2, 0.25) is 0 Å². The topological polar surface area (TPSA) is 60.3 Å². The zero-order valence-corrected chi connectivity index (χ0v) is 15.8. The molecular weight excluding hydrogens is 396 g/mol. The Hall–Kier alpha value is -2.14. The predicted octanol–water partition coefficient (Wildman–Crippen LogP) is 1.88. The Balaban J connectivity index is 1.77. The average Bonchev–Trinajstić information content (AvgIpc) is 3.12. The minimum Gasteiger partial charge on any atom is -0.340 e. The number of aliphatic imine (C=N–C) groups is 2. The van der Waals surface area contributed by atoms with Crippen molar-refractivity contribution in [2.75, 3.05) is 19.6 Å². The lowest BCUT2D eigenvalue weighted by molar-refractivity contribution is -0.157. The maximum atomic E-state index is 13.6. The summed E-state index contributed by atoms with van der Waals surface area (Å²) in [5, 5.41) is 1.25. The molecule has 3 atom stereocenters. The lowest BCUT2D eigenvalue weighted by Crippen LogP contribution is -2.58. The largest absolute Gasteiger partial charge is 0.413 e. The van der Waals surface area contributed by atoms with Gasteiger partial charge in [0.1, 0.15) is 17.7 Å². The predicted molar refractivity (Wildman–Crippen MR) is 97.8 cm³/mol. The third kappa shape index (κ3) is 5.08. The van der Waals surface area contributed by atoms with Gasteiger partial charge in [0.25, 0.3) is 0 Å². The number of alkyl halides is 5. The van der Waals surface area contributed by atoms with Gasteiger partial charge < -0.3 is 4.90 Å². The molecule has 29 heavy (non-hydrogen) atoms. The van der Waals surface area contributed by atoms with Crippen LogP contribution in [0.1, 0.15) is 26.2 Å². The quantitative estimate of drug-likeness (QED) is 0.531. The summed E-state index contributed by atoms with van der Waals surface area (Å²) in [5.41, 5.74) is 2.83. The molecule has 158 valence electrons. The fourth-order valence-corrected chi connectivity index (χ4v) is 3.75. The van der Waals surface area contributed by atoms with E-state index in [0.29, 0.717) is 12.4 Å². The van der Waals surface area contributed by atoms with Crippen LogP contribution in [0.25, 0.3) is 0 Å². The highest BCUT2D eigenvalue weighted by atomic mass is 19.4. The van der Waals surface area contributed by atoms with E-state index in [1.807, 2.05) is 6.92 Å². The van der Waals surface area contributed by atoms with Gasteiger partial charge in [-0.25, -0.2) is 8.78 Å². The summed E-state index contributed by atoms with van der Waals surface area (Å²) in [7, 11) is 4.72. The molecule has 0 aromatic carbocycles. The van der Waals surface area contributed by atoms with Gasteiger partial charge in [-0.3, -0.25) is 25.2 Å². The summed E-state index contributed by atoms with van der Waals surface area (Å²) in [6.07, 6.45) is -1.74. The van der Waals surface area contributed by atoms with Crippen LogP contribution >= 0.6 is 0 Å². The third-order valence-electron chi connectivity index (χ3n) is 4.94. The Morgan fingerprint density at radius 1 is 1.31 bits per heavy atom. The molecule has 0 aliphatic carbocycles. The van der Waals surface area contributed by atoms with E-state index in [0.717, 1.165) is 6.42 Å². The maximum Gasteiger partial charge on any atom is 0.413 e. The molecule has 3 aliphatic heterocycles. The first-order valence-electron chi connectivity index (χ1n) is 9.35. The fraction of sp³-hybridized carbons (Fsp3) is 0.706. The molecule has 0 aromatic rings. The Kier molecular flexibility index (Phi) is 5.91. The molecule has 1 fully saturated rings. The first-order chi connectivity index (χ1) is 13.5.